The molecule has 2 aromatic rings. The number of para-hydroxylation sites is 2. The van der Waals surface area contributed by atoms with E-state index in [4.69, 9.17) is 0 Å². The van der Waals surface area contributed by atoms with Crippen LogP contribution in [0.1, 0.15) is 0 Å². The molecule has 5 heteroatoms. The van der Waals surface area contributed by atoms with Gasteiger partial charge >= 0.3 is 0 Å². The van der Waals surface area contributed by atoms with E-state index in [1.807, 2.05) is 66.0 Å². The van der Waals surface area contributed by atoms with Crippen molar-refractivity contribution in [3.05, 3.63) is 72.8 Å². The minimum absolute atomic E-state index is 0.329. The number of anilines is 2. The highest BCUT2D eigenvalue weighted by Crippen LogP contribution is 2.06. The maximum Gasteiger partial charge on any atom is 0.250 e. The molecule has 2 aromatic carbocycles. The van der Waals surface area contributed by atoms with E-state index in [0.29, 0.717) is 0 Å². The number of carbonyl (C=O) groups is 2. The normalized spacial score (nSPS) is 12.2. The van der Waals surface area contributed by atoms with Gasteiger partial charge in [-0.3, -0.25) is 14.9 Å². The molecule has 0 unspecified atom stereocenters. The highest BCUT2D eigenvalue weighted by atomic mass is 16.2. The van der Waals surface area contributed by atoms with Gasteiger partial charge in [-0.15, -0.1) is 0 Å². The van der Waals surface area contributed by atoms with Crippen molar-refractivity contribution in [2.75, 3.05) is 17.3 Å². The van der Waals surface area contributed by atoms with Gasteiger partial charge in [0.25, 0.3) is 11.8 Å². The molecule has 0 fully saturated rings. The Hall–Kier alpha value is -3.08. The van der Waals surface area contributed by atoms with Crippen LogP contribution in [-0.4, -0.2) is 18.5 Å². The molecular formula is C17H17N3O2. The second-order valence-corrected chi connectivity index (χ2v) is 4.45. The fraction of sp³-hybridized carbons (Fsp3) is 0.0588. The Kier molecular flexibility index (Phi) is 5.75. The highest BCUT2D eigenvalue weighted by molar-refractivity contribution is 6.12. The molecule has 0 radical (unpaired) electrons. The van der Waals surface area contributed by atoms with Gasteiger partial charge in [0.15, 0.2) is 0 Å². The van der Waals surface area contributed by atoms with Crippen molar-refractivity contribution in [1.29, 1.82) is 0 Å². The van der Waals surface area contributed by atoms with E-state index in [2.05, 4.69) is 10.6 Å². The quantitative estimate of drug-likeness (QED) is 0.598. The predicted octanol–water partition coefficient (Wildman–Crippen LogP) is 2.37. The summed E-state index contributed by atoms with van der Waals surface area (Å²) in [5, 5.41) is 8.59. The summed E-state index contributed by atoms with van der Waals surface area (Å²) in [6.45, 7) is 0.730. The summed E-state index contributed by atoms with van der Waals surface area (Å²) in [4.78, 5) is 20.1. The summed E-state index contributed by atoms with van der Waals surface area (Å²) in [5.74, 6) is -0.657. The van der Waals surface area contributed by atoms with Gasteiger partial charge in [-0.1, -0.05) is 36.4 Å². The number of amides is 2. The second kappa shape index (κ2) is 8.26. The number of hydrogen-bond donors (Lipinski definition) is 3. The zero-order valence-electron chi connectivity index (χ0n) is 12.0. The Labute approximate surface area is 129 Å². The first-order valence-electron chi connectivity index (χ1n) is 6.85. The van der Waals surface area contributed by atoms with Crippen molar-refractivity contribution in [3.63, 3.8) is 0 Å². The van der Waals surface area contributed by atoms with E-state index in [0.717, 1.165) is 18.0 Å². The molecule has 1 aliphatic rings. The number of rotatable bonds is 4. The monoisotopic (exact) mass is 295 g/mol. The fourth-order valence-corrected chi connectivity index (χ4v) is 1.72. The Balaban J connectivity index is 0.000000211. The van der Waals surface area contributed by atoms with Gasteiger partial charge in [0, 0.05) is 23.5 Å². The van der Waals surface area contributed by atoms with Gasteiger partial charge in [0.1, 0.15) is 0 Å². The summed E-state index contributed by atoms with van der Waals surface area (Å²) < 4.78 is 0. The number of benzene rings is 2. The molecule has 0 saturated heterocycles. The van der Waals surface area contributed by atoms with Crippen LogP contribution in [0, 0.1) is 0 Å². The average Bonchev–Trinajstić information content (AvgIpc) is 2.93. The van der Waals surface area contributed by atoms with E-state index >= 15 is 0 Å². The third-order valence-electron chi connectivity index (χ3n) is 2.77. The second-order valence-electron chi connectivity index (χ2n) is 4.45. The number of carbonyl (C=O) groups excluding carboxylic acids is 2. The molecule has 0 bridgehead atoms. The Morgan fingerprint density at radius 1 is 0.682 bits per heavy atom. The zero-order valence-corrected chi connectivity index (χ0v) is 12.0. The number of nitrogens with one attached hydrogen (secondary N) is 3. The third kappa shape index (κ3) is 5.50. The molecule has 0 spiro atoms. The first-order chi connectivity index (χ1) is 10.7. The standard InChI is InChI=1S/C13H14N2.C4H3NO2/c1-3-7-12(8-4-1)14-11-15-13-9-5-2-6-10-13;6-3-1-2-4(7)5-3/h1-10,14-15H,11H2;1-2H,(H,5,6,7). The van der Waals surface area contributed by atoms with Gasteiger partial charge in [0.2, 0.25) is 0 Å². The lowest BCUT2D eigenvalue weighted by Gasteiger charge is -2.08. The van der Waals surface area contributed by atoms with Crippen molar-refractivity contribution >= 4 is 23.2 Å². The average molecular weight is 295 g/mol. The fourth-order valence-electron chi connectivity index (χ4n) is 1.72. The summed E-state index contributed by atoms with van der Waals surface area (Å²) in [6.07, 6.45) is 2.39. The van der Waals surface area contributed by atoms with E-state index in [-0.39, 0.29) is 11.8 Å². The molecule has 22 heavy (non-hydrogen) atoms. The summed E-state index contributed by atoms with van der Waals surface area (Å²) >= 11 is 0. The van der Waals surface area contributed by atoms with Crippen LogP contribution in [0.25, 0.3) is 0 Å². The molecule has 1 aliphatic heterocycles. The first kappa shape index (κ1) is 15.3. The third-order valence-corrected chi connectivity index (χ3v) is 2.77. The van der Waals surface area contributed by atoms with Gasteiger partial charge in [-0.25, -0.2) is 0 Å². The lowest BCUT2D eigenvalue weighted by molar-refractivity contribution is -0.123. The van der Waals surface area contributed by atoms with Crippen LogP contribution in [-0.2, 0) is 9.59 Å². The van der Waals surface area contributed by atoms with E-state index in [1.54, 1.807) is 0 Å². The molecule has 112 valence electrons. The van der Waals surface area contributed by atoms with E-state index in [9.17, 15) is 9.59 Å². The zero-order chi connectivity index (χ0) is 15.6. The van der Waals surface area contributed by atoms with Gasteiger partial charge in [-0.05, 0) is 24.3 Å². The maximum atomic E-state index is 10.0. The first-order valence-corrected chi connectivity index (χ1v) is 6.85. The minimum atomic E-state index is -0.329. The molecule has 1 heterocycles. The number of hydrogen-bond acceptors (Lipinski definition) is 4. The largest absolute Gasteiger partial charge is 0.368 e. The van der Waals surface area contributed by atoms with Crippen molar-refractivity contribution in [1.82, 2.24) is 5.32 Å². The molecule has 0 aliphatic carbocycles. The van der Waals surface area contributed by atoms with Crippen LogP contribution in [0.15, 0.2) is 72.8 Å². The van der Waals surface area contributed by atoms with Crippen LogP contribution in [0.2, 0.25) is 0 Å². The SMILES string of the molecule is O=C1C=CC(=O)N1.c1ccc(NCNc2ccccc2)cc1. The van der Waals surface area contributed by atoms with Crippen LogP contribution in [0.5, 0.6) is 0 Å². The van der Waals surface area contributed by atoms with Gasteiger partial charge in [-0.2, -0.15) is 0 Å². The molecule has 3 rings (SSSR count). The summed E-state index contributed by atoms with van der Waals surface area (Å²) in [7, 11) is 0. The van der Waals surface area contributed by atoms with Crippen molar-refractivity contribution in [2.45, 2.75) is 0 Å². The molecule has 0 atom stereocenters. The lowest BCUT2D eigenvalue weighted by atomic mass is 10.3. The Bertz CT molecular complexity index is 584. The van der Waals surface area contributed by atoms with Crippen LogP contribution in [0.4, 0.5) is 11.4 Å². The molecule has 2 amide bonds. The van der Waals surface area contributed by atoms with Crippen molar-refractivity contribution < 1.29 is 9.59 Å². The number of imide groups is 1. The molecule has 0 saturated carbocycles. The lowest BCUT2D eigenvalue weighted by Crippen LogP contribution is -2.19. The van der Waals surface area contributed by atoms with Gasteiger partial charge < -0.3 is 10.6 Å². The van der Waals surface area contributed by atoms with E-state index < -0.39 is 0 Å². The van der Waals surface area contributed by atoms with Crippen LogP contribution < -0.4 is 16.0 Å². The predicted molar refractivity (Wildman–Crippen MR) is 87.3 cm³/mol. The molecular weight excluding hydrogens is 278 g/mol. The van der Waals surface area contributed by atoms with Crippen molar-refractivity contribution in [2.24, 2.45) is 0 Å². The van der Waals surface area contributed by atoms with Crippen LogP contribution in [0.3, 0.4) is 0 Å². The summed E-state index contributed by atoms with van der Waals surface area (Å²) in [6, 6.07) is 20.3. The van der Waals surface area contributed by atoms with E-state index in [1.165, 1.54) is 12.2 Å². The Morgan fingerprint density at radius 3 is 1.41 bits per heavy atom. The minimum Gasteiger partial charge on any atom is -0.368 e. The topological polar surface area (TPSA) is 70.2 Å². The van der Waals surface area contributed by atoms with Crippen LogP contribution >= 0.6 is 0 Å². The molecule has 5 nitrogen and oxygen atoms in total. The van der Waals surface area contributed by atoms with Gasteiger partial charge in [0.05, 0.1) is 6.67 Å². The molecule has 0 aromatic heterocycles. The smallest absolute Gasteiger partial charge is 0.250 e. The Morgan fingerprint density at radius 2 is 1.09 bits per heavy atom. The molecule has 3 N–H and O–H groups in total. The maximum absolute atomic E-state index is 10.0. The highest BCUT2D eigenvalue weighted by Gasteiger charge is 2.06. The van der Waals surface area contributed by atoms with Crippen molar-refractivity contribution in [3.8, 4) is 0 Å². The summed E-state index contributed by atoms with van der Waals surface area (Å²) in [5.41, 5.74) is 2.25.